The highest BCUT2D eigenvalue weighted by molar-refractivity contribution is 5.76. The predicted octanol–water partition coefficient (Wildman–Crippen LogP) is 16.7. The fraction of sp³-hybridized carbons (Fsp3) is 0.833. The summed E-state index contributed by atoms with van der Waals surface area (Å²) in [7, 11) is 0. The molecule has 2 unspecified atom stereocenters. The van der Waals surface area contributed by atoms with Crippen LogP contribution in [0.15, 0.2) is 48.6 Å². The average molecular weight is 812 g/mol. The first-order chi connectivity index (χ1) is 28.7. The van der Waals surface area contributed by atoms with Gasteiger partial charge >= 0.3 is 0 Å². The number of aliphatic hydroxyl groups excluding tert-OH is 2. The maximum absolute atomic E-state index is 12.4. The third kappa shape index (κ3) is 45.4. The zero-order valence-corrected chi connectivity index (χ0v) is 39.1. The molecule has 0 rings (SSSR count). The predicted molar refractivity (Wildman–Crippen MR) is 258 cm³/mol. The summed E-state index contributed by atoms with van der Waals surface area (Å²) in [5.74, 6) is -0.0813. The van der Waals surface area contributed by atoms with Crippen molar-refractivity contribution < 1.29 is 15.0 Å². The molecule has 0 saturated carbocycles. The standard InChI is InChI=1S/C54H101NO3/c1-3-5-7-9-11-13-15-17-19-21-23-24-25-26-27-28-29-30-31-32-33-35-37-39-41-43-45-47-49-53(57)52(51-56)55-54(58)50-48-46-44-42-40-38-36-34-22-20-18-16-14-12-10-8-6-4-2/h20,22,32-33,39,41,47,49,52-53,56-57H,3-19,21,23-31,34-38,40,42-46,48,50-51H2,1-2H3,(H,55,58)/b22-20-,33-32+,41-39+,49-47+. The second-order valence-corrected chi connectivity index (χ2v) is 17.6. The van der Waals surface area contributed by atoms with E-state index < -0.39 is 12.1 Å². The molecule has 0 heterocycles. The van der Waals surface area contributed by atoms with Crippen LogP contribution in [-0.4, -0.2) is 34.9 Å². The van der Waals surface area contributed by atoms with Crippen molar-refractivity contribution >= 4 is 5.91 Å². The molecule has 58 heavy (non-hydrogen) atoms. The van der Waals surface area contributed by atoms with E-state index in [1.807, 2.05) is 6.08 Å². The zero-order valence-electron chi connectivity index (χ0n) is 39.1. The van der Waals surface area contributed by atoms with Gasteiger partial charge in [0.1, 0.15) is 0 Å². The normalized spacial score (nSPS) is 13.2. The highest BCUT2D eigenvalue weighted by Crippen LogP contribution is 2.16. The second-order valence-electron chi connectivity index (χ2n) is 17.6. The van der Waals surface area contributed by atoms with E-state index in [-0.39, 0.29) is 12.5 Å². The molecule has 0 aliphatic rings. The van der Waals surface area contributed by atoms with Gasteiger partial charge in [-0.3, -0.25) is 4.79 Å². The summed E-state index contributed by atoms with van der Waals surface area (Å²) in [6.07, 6.45) is 68.3. The molecule has 0 aromatic heterocycles. The molecule has 340 valence electrons. The van der Waals surface area contributed by atoms with E-state index in [1.54, 1.807) is 6.08 Å². The second kappa shape index (κ2) is 49.7. The van der Waals surface area contributed by atoms with Gasteiger partial charge in [-0.2, -0.15) is 0 Å². The fourth-order valence-corrected chi connectivity index (χ4v) is 7.79. The van der Waals surface area contributed by atoms with E-state index in [2.05, 4.69) is 55.6 Å². The number of rotatable bonds is 47. The van der Waals surface area contributed by atoms with E-state index in [0.29, 0.717) is 6.42 Å². The molecular formula is C54H101NO3. The Balaban J connectivity index is 3.58. The molecule has 4 heteroatoms. The lowest BCUT2D eigenvalue weighted by Crippen LogP contribution is -2.45. The molecule has 4 nitrogen and oxygen atoms in total. The van der Waals surface area contributed by atoms with E-state index in [1.165, 1.54) is 212 Å². The lowest BCUT2D eigenvalue weighted by molar-refractivity contribution is -0.123. The number of aliphatic hydroxyl groups is 2. The minimum absolute atomic E-state index is 0.0813. The Morgan fingerprint density at radius 1 is 0.397 bits per heavy atom. The van der Waals surface area contributed by atoms with Crippen LogP contribution in [-0.2, 0) is 4.79 Å². The summed E-state index contributed by atoms with van der Waals surface area (Å²) < 4.78 is 0. The van der Waals surface area contributed by atoms with Crippen LogP contribution in [0.3, 0.4) is 0 Å². The largest absolute Gasteiger partial charge is 0.394 e. The van der Waals surface area contributed by atoms with Crippen molar-refractivity contribution in [1.29, 1.82) is 0 Å². The molecule has 3 N–H and O–H groups in total. The Morgan fingerprint density at radius 2 is 0.672 bits per heavy atom. The average Bonchev–Trinajstić information content (AvgIpc) is 3.23. The minimum Gasteiger partial charge on any atom is -0.394 e. The molecular weight excluding hydrogens is 711 g/mol. The van der Waals surface area contributed by atoms with Crippen molar-refractivity contribution in [2.75, 3.05) is 6.61 Å². The van der Waals surface area contributed by atoms with Crippen LogP contribution in [0.25, 0.3) is 0 Å². The maximum atomic E-state index is 12.4. The Morgan fingerprint density at radius 3 is 1.00 bits per heavy atom. The molecule has 0 aromatic rings. The maximum Gasteiger partial charge on any atom is 0.220 e. The first kappa shape index (κ1) is 56.4. The van der Waals surface area contributed by atoms with Gasteiger partial charge in [-0.05, 0) is 70.6 Å². The molecule has 0 radical (unpaired) electrons. The van der Waals surface area contributed by atoms with Gasteiger partial charge in [0.15, 0.2) is 0 Å². The van der Waals surface area contributed by atoms with Gasteiger partial charge in [0.2, 0.25) is 5.91 Å². The molecule has 2 atom stereocenters. The van der Waals surface area contributed by atoms with Gasteiger partial charge in [0.05, 0.1) is 18.8 Å². The Hall–Kier alpha value is -1.65. The van der Waals surface area contributed by atoms with E-state index in [9.17, 15) is 15.0 Å². The third-order valence-electron chi connectivity index (χ3n) is 11.8. The SMILES string of the molecule is CCCCCCCCC/C=C\CCCCCCCCCC(=O)NC(CO)C(O)/C=C/CC/C=C/CC/C=C/CCCCCCCCCCCCCCCCCCCC. The van der Waals surface area contributed by atoms with Crippen molar-refractivity contribution in [2.24, 2.45) is 0 Å². The van der Waals surface area contributed by atoms with Gasteiger partial charge in [-0.15, -0.1) is 0 Å². The number of amides is 1. The first-order valence-corrected chi connectivity index (χ1v) is 25.9. The number of unbranched alkanes of at least 4 members (excludes halogenated alkanes) is 34. The molecule has 1 amide bonds. The number of allylic oxidation sites excluding steroid dienone is 7. The summed E-state index contributed by atoms with van der Waals surface area (Å²) in [6, 6.07) is -0.649. The van der Waals surface area contributed by atoms with Gasteiger partial charge in [-0.25, -0.2) is 0 Å². The fourth-order valence-electron chi connectivity index (χ4n) is 7.79. The number of carbonyl (C=O) groups is 1. The van der Waals surface area contributed by atoms with Crippen LogP contribution in [0.4, 0.5) is 0 Å². The first-order valence-electron chi connectivity index (χ1n) is 25.9. The molecule has 0 saturated heterocycles. The van der Waals surface area contributed by atoms with Crippen LogP contribution >= 0.6 is 0 Å². The summed E-state index contributed by atoms with van der Waals surface area (Å²) in [5.41, 5.74) is 0. The van der Waals surface area contributed by atoms with Crippen molar-refractivity contribution in [1.82, 2.24) is 5.32 Å². The van der Waals surface area contributed by atoms with Gasteiger partial charge in [0.25, 0.3) is 0 Å². The lowest BCUT2D eigenvalue weighted by atomic mass is 10.0. The van der Waals surface area contributed by atoms with E-state index in [4.69, 9.17) is 0 Å². The summed E-state index contributed by atoms with van der Waals surface area (Å²) in [6.45, 7) is 4.31. The quantitative estimate of drug-likeness (QED) is 0.0423. The zero-order chi connectivity index (χ0) is 42.1. The molecule has 0 fully saturated rings. The van der Waals surface area contributed by atoms with Crippen molar-refractivity contribution in [3.05, 3.63) is 48.6 Å². The van der Waals surface area contributed by atoms with Crippen LogP contribution in [0, 0.1) is 0 Å². The van der Waals surface area contributed by atoms with Crippen molar-refractivity contribution in [2.45, 2.75) is 283 Å². The smallest absolute Gasteiger partial charge is 0.220 e. The topological polar surface area (TPSA) is 69.6 Å². The number of hydrogen-bond donors (Lipinski definition) is 3. The van der Waals surface area contributed by atoms with Gasteiger partial charge in [0, 0.05) is 6.42 Å². The molecule has 0 bridgehead atoms. The van der Waals surface area contributed by atoms with Crippen LogP contribution in [0.2, 0.25) is 0 Å². The third-order valence-corrected chi connectivity index (χ3v) is 11.8. The van der Waals surface area contributed by atoms with Crippen molar-refractivity contribution in [3.8, 4) is 0 Å². The lowest BCUT2D eigenvalue weighted by Gasteiger charge is -2.19. The summed E-state index contributed by atoms with van der Waals surface area (Å²) in [4.78, 5) is 12.4. The summed E-state index contributed by atoms with van der Waals surface area (Å²) in [5, 5.41) is 23.1. The number of nitrogens with one attached hydrogen (secondary N) is 1. The van der Waals surface area contributed by atoms with Crippen LogP contribution in [0.1, 0.15) is 271 Å². The Kier molecular flexibility index (Phi) is 48.3. The summed E-state index contributed by atoms with van der Waals surface area (Å²) >= 11 is 0. The molecule has 0 aliphatic heterocycles. The number of hydrogen-bond acceptors (Lipinski definition) is 3. The van der Waals surface area contributed by atoms with E-state index >= 15 is 0 Å². The molecule has 0 aliphatic carbocycles. The monoisotopic (exact) mass is 812 g/mol. The molecule has 0 spiro atoms. The highest BCUT2D eigenvalue weighted by atomic mass is 16.3. The number of carbonyl (C=O) groups excluding carboxylic acids is 1. The Bertz CT molecular complexity index is 923. The molecule has 0 aromatic carbocycles. The van der Waals surface area contributed by atoms with E-state index in [0.717, 1.165) is 38.5 Å². The van der Waals surface area contributed by atoms with Crippen molar-refractivity contribution in [3.63, 3.8) is 0 Å². The minimum atomic E-state index is -0.873. The van der Waals surface area contributed by atoms with Crippen LogP contribution < -0.4 is 5.32 Å². The van der Waals surface area contributed by atoms with Gasteiger partial charge in [-0.1, -0.05) is 242 Å². The Labute approximate surface area is 363 Å². The van der Waals surface area contributed by atoms with Gasteiger partial charge < -0.3 is 15.5 Å². The van der Waals surface area contributed by atoms with Crippen LogP contribution in [0.5, 0.6) is 0 Å². The highest BCUT2D eigenvalue weighted by Gasteiger charge is 2.17.